The molecule has 1 fully saturated rings. The van der Waals surface area contributed by atoms with E-state index in [1.165, 1.54) is 11.1 Å². The first-order chi connectivity index (χ1) is 9.59. The fraction of sp³-hybridized carbons (Fsp3) is 0.562. The fourth-order valence-electron chi connectivity index (χ4n) is 3.25. The molecule has 4 heteroatoms. The standard InChI is InChI=1S/C16H23N3O/c17-15(20)16(18,14-5-6-14)11-19-9-7-12-3-1-2-4-13(12)8-10-19/h1-4,14H,5-11,18H2,(H2,17,20). The van der Waals surface area contributed by atoms with Gasteiger partial charge >= 0.3 is 0 Å². The maximum absolute atomic E-state index is 11.8. The van der Waals surface area contributed by atoms with Crippen molar-refractivity contribution in [1.29, 1.82) is 0 Å². The monoisotopic (exact) mass is 273 g/mol. The summed E-state index contributed by atoms with van der Waals surface area (Å²) in [6.45, 7) is 2.51. The first kappa shape index (κ1) is 13.6. The van der Waals surface area contributed by atoms with Gasteiger partial charge in [-0.15, -0.1) is 0 Å². The van der Waals surface area contributed by atoms with Crippen LogP contribution >= 0.6 is 0 Å². The molecule has 1 aromatic carbocycles. The van der Waals surface area contributed by atoms with Crippen molar-refractivity contribution in [3.05, 3.63) is 35.4 Å². The Morgan fingerprint density at radius 1 is 1.20 bits per heavy atom. The van der Waals surface area contributed by atoms with Crippen LogP contribution in [0.4, 0.5) is 0 Å². The van der Waals surface area contributed by atoms with Crippen molar-refractivity contribution in [3.63, 3.8) is 0 Å². The Kier molecular flexibility index (Phi) is 3.52. The molecule has 0 saturated heterocycles. The van der Waals surface area contributed by atoms with Crippen LogP contribution in [0.1, 0.15) is 24.0 Å². The average molecular weight is 273 g/mol. The molecule has 4 N–H and O–H groups in total. The number of benzene rings is 1. The Balaban J connectivity index is 1.69. The number of hydrogen-bond donors (Lipinski definition) is 2. The summed E-state index contributed by atoms with van der Waals surface area (Å²) in [5.74, 6) is -0.0626. The SMILES string of the molecule is NC(=O)C(N)(CN1CCc2ccccc2CC1)C1CC1. The van der Waals surface area contributed by atoms with Gasteiger partial charge in [-0.2, -0.15) is 0 Å². The molecule has 3 rings (SSSR count). The Morgan fingerprint density at radius 2 is 1.75 bits per heavy atom. The number of carbonyl (C=O) groups is 1. The van der Waals surface area contributed by atoms with E-state index in [0.717, 1.165) is 38.8 Å². The van der Waals surface area contributed by atoms with Crippen molar-refractivity contribution in [2.45, 2.75) is 31.2 Å². The molecule has 0 bridgehead atoms. The normalized spacial score (nSPS) is 22.6. The lowest BCUT2D eigenvalue weighted by Crippen LogP contribution is -2.61. The summed E-state index contributed by atoms with van der Waals surface area (Å²) in [6.07, 6.45) is 4.12. The second-order valence-corrected chi connectivity index (χ2v) is 6.22. The van der Waals surface area contributed by atoms with E-state index in [-0.39, 0.29) is 11.8 Å². The molecule has 0 aromatic heterocycles. The third-order valence-corrected chi connectivity index (χ3v) is 4.76. The maximum atomic E-state index is 11.8. The number of nitrogens with zero attached hydrogens (tertiary/aromatic N) is 1. The van der Waals surface area contributed by atoms with E-state index in [1.54, 1.807) is 0 Å². The molecule has 1 unspecified atom stereocenters. The van der Waals surface area contributed by atoms with Crippen LogP contribution in [-0.2, 0) is 17.6 Å². The van der Waals surface area contributed by atoms with Crippen molar-refractivity contribution >= 4 is 5.91 Å². The van der Waals surface area contributed by atoms with Gasteiger partial charge in [-0.1, -0.05) is 24.3 Å². The Labute approximate surface area is 120 Å². The van der Waals surface area contributed by atoms with E-state index in [9.17, 15) is 4.79 Å². The van der Waals surface area contributed by atoms with Gasteiger partial charge in [0.2, 0.25) is 5.91 Å². The van der Waals surface area contributed by atoms with Crippen LogP contribution in [0.3, 0.4) is 0 Å². The minimum Gasteiger partial charge on any atom is -0.368 e. The molecule has 0 radical (unpaired) electrons. The van der Waals surface area contributed by atoms with Gasteiger partial charge < -0.3 is 16.4 Å². The van der Waals surface area contributed by atoms with Crippen molar-refractivity contribution in [2.75, 3.05) is 19.6 Å². The number of rotatable bonds is 4. The summed E-state index contributed by atoms with van der Waals surface area (Å²) < 4.78 is 0. The van der Waals surface area contributed by atoms with Crippen molar-refractivity contribution in [2.24, 2.45) is 17.4 Å². The number of carbonyl (C=O) groups excluding carboxylic acids is 1. The summed E-state index contributed by atoms with van der Waals surface area (Å²) in [7, 11) is 0. The zero-order valence-electron chi connectivity index (χ0n) is 11.8. The summed E-state index contributed by atoms with van der Waals surface area (Å²) in [4.78, 5) is 14.1. The highest BCUT2D eigenvalue weighted by atomic mass is 16.1. The highest BCUT2D eigenvalue weighted by Gasteiger charge is 2.47. The minimum atomic E-state index is -0.837. The minimum absolute atomic E-state index is 0.283. The highest BCUT2D eigenvalue weighted by molar-refractivity contribution is 5.85. The lowest BCUT2D eigenvalue weighted by Gasteiger charge is -2.32. The Bertz CT molecular complexity index is 485. The topological polar surface area (TPSA) is 72.3 Å². The van der Waals surface area contributed by atoms with Crippen LogP contribution in [0, 0.1) is 5.92 Å². The van der Waals surface area contributed by atoms with Crippen LogP contribution in [0.15, 0.2) is 24.3 Å². The number of nitrogens with two attached hydrogens (primary N) is 2. The van der Waals surface area contributed by atoms with Crippen molar-refractivity contribution in [3.8, 4) is 0 Å². The van der Waals surface area contributed by atoms with Crippen LogP contribution in [0.25, 0.3) is 0 Å². The quantitative estimate of drug-likeness (QED) is 0.847. The molecule has 1 atom stereocenters. The van der Waals surface area contributed by atoms with Gasteiger partial charge in [0.1, 0.15) is 5.54 Å². The van der Waals surface area contributed by atoms with Gasteiger partial charge in [0, 0.05) is 19.6 Å². The molecule has 4 nitrogen and oxygen atoms in total. The molecule has 1 heterocycles. The number of amides is 1. The fourth-order valence-corrected chi connectivity index (χ4v) is 3.25. The molecule has 0 spiro atoms. The van der Waals surface area contributed by atoms with Crippen LogP contribution in [0.5, 0.6) is 0 Å². The summed E-state index contributed by atoms with van der Waals surface area (Å²) in [5.41, 5.74) is 13.9. The smallest absolute Gasteiger partial charge is 0.239 e. The Morgan fingerprint density at radius 3 is 2.20 bits per heavy atom. The second-order valence-electron chi connectivity index (χ2n) is 6.22. The van der Waals surface area contributed by atoms with E-state index in [1.807, 2.05) is 0 Å². The van der Waals surface area contributed by atoms with Crippen LogP contribution < -0.4 is 11.5 Å². The predicted octanol–water partition coefficient (Wildman–Crippen LogP) is 0.680. The Hall–Kier alpha value is -1.39. The van der Waals surface area contributed by atoms with Gasteiger partial charge in [-0.25, -0.2) is 0 Å². The second kappa shape index (κ2) is 5.19. The molecule has 108 valence electrons. The summed E-state index contributed by atoms with van der Waals surface area (Å²) in [6, 6.07) is 8.58. The van der Waals surface area contributed by atoms with E-state index < -0.39 is 5.54 Å². The van der Waals surface area contributed by atoms with Crippen LogP contribution in [0.2, 0.25) is 0 Å². The molecule has 20 heavy (non-hydrogen) atoms. The lowest BCUT2D eigenvalue weighted by molar-refractivity contribution is -0.124. The van der Waals surface area contributed by atoms with Gasteiger partial charge in [-0.05, 0) is 42.7 Å². The van der Waals surface area contributed by atoms with Crippen molar-refractivity contribution < 1.29 is 4.79 Å². The van der Waals surface area contributed by atoms with E-state index in [4.69, 9.17) is 11.5 Å². The number of primary amides is 1. The average Bonchev–Trinajstić information content (AvgIpc) is 3.26. The largest absolute Gasteiger partial charge is 0.368 e. The lowest BCUT2D eigenvalue weighted by atomic mass is 9.92. The molecule has 1 saturated carbocycles. The van der Waals surface area contributed by atoms with Gasteiger partial charge in [0.25, 0.3) is 0 Å². The van der Waals surface area contributed by atoms with E-state index >= 15 is 0 Å². The molecular weight excluding hydrogens is 250 g/mol. The third kappa shape index (κ3) is 2.58. The van der Waals surface area contributed by atoms with Crippen LogP contribution in [-0.4, -0.2) is 36.0 Å². The zero-order valence-corrected chi connectivity index (χ0v) is 11.8. The summed E-state index contributed by atoms with van der Waals surface area (Å²) in [5, 5.41) is 0. The molecule has 2 aliphatic rings. The molecule has 1 aromatic rings. The molecule has 1 aliphatic heterocycles. The van der Waals surface area contributed by atoms with Gasteiger partial charge in [-0.3, -0.25) is 4.79 Å². The van der Waals surface area contributed by atoms with E-state index in [2.05, 4.69) is 29.2 Å². The first-order valence-corrected chi connectivity index (χ1v) is 7.47. The van der Waals surface area contributed by atoms with E-state index in [0.29, 0.717) is 6.54 Å². The maximum Gasteiger partial charge on any atom is 0.239 e. The summed E-state index contributed by atoms with van der Waals surface area (Å²) >= 11 is 0. The predicted molar refractivity (Wildman–Crippen MR) is 79.1 cm³/mol. The number of fused-ring (bicyclic) bond motifs is 1. The highest BCUT2D eigenvalue weighted by Crippen LogP contribution is 2.38. The molecule has 1 aliphatic carbocycles. The number of hydrogen-bond acceptors (Lipinski definition) is 3. The van der Waals surface area contributed by atoms with Crippen molar-refractivity contribution in [1.82, 2.24) is 4.90 Å². The molecule has 1 amide bonds. The van der Waals surface area contributed by atoms with Gasteiger partial charge in [0.15, 0.2) is 0 Å². The van der Waals surface area contributed by atoms with Gasteiger partial charge in [0.05, 0.1) is 0 Å². The first-order valence-electron chi connectivity index (χ1n) is 7.47. The molecular formula is C16H23N3O. The zero-order chi connectivity index (χ0) is 14.2. The third-order valence-electron chi connectivity index (χ3n) is 4.76.